The zero-order valence-electron chi connectivity index (χ0n) is 27.9. The summed E-state index contributed by atoms with van der Waals surface area (Å²) in [5, 5.41) is 0.731. The van der Waals surface area contributed by atoms with Gasteiger partial charge in [0.2, 0.25) is 5.91 Å². The van der Waals surface area contributed by atoms with Crippen molar-refractivity contribution in [3.63, 3.8) is 0 Å². The minimum atomic E-state index is -3.74. The van der Waals surface area contributed by atoms with Crippen LogP contribution in [-0.2, 0) is 40.8 Å². The van der Waals surface area contributed by atoms with Crippen LogP contribution < -0.4 is 14.4 Å². The first-order valence-corrected chi connectivity index (χ1v) is 18.5. The molecule has 0 radical (unpaired) electrons. The molecule has 2 heterocycles. The number of rotatable bonds is 3. The molecule has 2 aliphatic heterocycles. The second-order valence-corrected chi connectivity index (χ2v) is 16.6. The molecule has 254 valence electrons. The van der Waals surface area contributed by atoms with Crippen molar-refractivity contribution in [3.8, 4) is 5.75 Å². The van der Waals surface area contributed by atoms with Gasteiger partial charge in [0.05, 0.1) is 29.9 Å². The first kappa shape index (κ1) is 34.0. The summed E-state index contributed by atoms with van der Waals surface area (Å²) in [6.07, 6.45) is 8.83. The number of hydrogen-bond donors (Lipinski definition) is 1. The number of benzene rings is 2. The van der Waals surface area contributed by atoms with E-state index in [2.05, 4.69) is 26.1 Å². The molecule has 2 aromatic carbocycles. The number of carbonyl (C=O) groups excluding carboxylic acids is 2. The highest BCUT2D eigenvalue weighted by atomic mass is 35.5. The number of halogens is 1. The first-order valence-electron chi connectivity index (χ1n) is 16.6. The number of methoxy groups -OCH3 is 1. The van der Waals surface area contributed by atoms with Gasteiger partial charge < -0.3 is 19.1 Å². The van der Waals surface area contributed by atoms with Gasteiger partial charge in [0.1, 0.15) is 11.4 Å². The number of fused-ring (bicyclic) bond motifs is 4. The van der Waals surface area contributed by atoms with Gasteiger partial charge in [-0.15, -0.1) is 4.36 Å². The molecule has 47 heavy (non-hydrogen) atoms. The van der Waals surface area contributed by atoms with Crippen LogP contribution >= 0.6 is 11.6 Å². The third-order valence-corrected chi connectivity index (χ3v) is 12.3. The summed E-state index contributed by atoms with van der Waals surface area (Å²) in [7, 11) is -2.01. The Bertz CT molecular complexity index is 1700. The van der Waals surface area contributed by atoms with E-state index < -0.39 is 33.2 Å². The highest BCUT2D eigenvalue weighted by Gasteiger charge is 2.44. The Kier molecular flexibility index (Phi) is 9.52. The van der Waals surface area contributed by atoms with Crippen LogP contribution in [0.3, 0.4) is 0 Å². The molecule has 6 rings (SSSR count). The summed E-state index contributed by atoms with van der Waals surface area (Å²) in [5.74, 6) is -0.366. The number of amides is 2. The average molecular weight is 684 g/mol. The monoisotopic (exact) mass is 683 g/mol. The van der Waals surface area contributed by atoms with E-state index in [1.54, 1.807) is 53.0 Å². The third-order valence-electron chi connectivity index (χ3n) is 10.3. The van der Waals surface area contributed by atoms with Crippen molar-refractivity contribution < 1.29 is 28.0 Å². The van der Waals surface area contributed by atoms with Crippen LogP contribution in [0, 0.1) is 17.8 Å². The summed E-state index contributed by atoms with van der Waals surface area (Å²) in [6.45, 7) is 8.66. The SMILES string of the molecule is CO[C@H]1C=CCOC(C)(C)C(=O)N=S(=O)(NC(=O)C(C)C)c2ccc3c(c2)N(C[C@@H]2CC[C@H]21)C[C@@]1(CCCc2cc(Cl)ccc21)CO3. The van der Waals surface area contributed by atoms with Crippen molar-refractivity contribution in [2.45, 2.75) is 81.8 Å². The van der Waals surface area contributed by atoms with Crippen molar-refractivity contribution >= 4 is 39.0 Å². The molecule has 1 fully saturated rings. The van der Waals surface area contributed by atoms with Gasteiger partial charge in [0.25, 0.3) is 5.91 Å². The summed E-state index contributed by atoms with van der Waals surface area (Å²) >= 11 is 6.45. The molecule has 2 amide bonds. The number of nitrogens with zero attached hydrogens (tertiary/aromatic N) is 2. The van der Waals surface area contributed by atoms with E-state index in [1.807, 2.05) is 18.2 Å². The third kappa shape index (κ3) is 6.71. The van der Waals surface area contributed by atoms with Crippen LogP contribution in [0.5, 0.6) is 5.75 Å². The second-order valence-electron chi connectivity index (χ2n) is 14.2. The second kappa shape index (κ2) is 13.2. The summed E-state index contributed by atoms with van der Waals surface area (Å²) in [5.41, 5.74) is 1.60. The Morgan fingerprint density at radius 2 is 2.00 bits per heavy atom. The molecule has 1 N–H and O–H groups in total. The van der Waals surface area contributed by atoms with E-state index in [4.69, 9.17) is 25.8 Å². The van der Waals surface area contributed by atoms with Crippen LogP contribution in [0.2, 0.25) is 5.02 Å². The molecular weight excluding hydrogens is 638 g/mol. The zero-order valence-corrected chi connectivity index (χ0v) is 29.5. The number of anilines is 1. The van der Waals surface area contributed by atoms with Crippen molar-refractivity contribution in [2.24, 2.45) is 22.1 Å². The molecule has 5 atom stereocenters. The summed E-state index contributed by atoms with van der Waals surface area (Å²) in [4.78, 5) is 29.2. The minimum Gasteiger partial charge on any atom is -0.490 e. The fraction of sp³-hybridized carbons (Fsp3) is 0.556. The molecule has 4 aliphatic rings. The molecule has 0 saturated heterocycles. The van der Waals surface area contributed by atoms with E-state index in [0.717, 1.165) is 49.4 Å². The van der Waals surface area contributed by atoms with E-state index in [-0.39, 0.29) is 23.0 Å². The normalized spacial score (nSPS) is 30.3. The van der Waals surface area contributed by atoms with E-state index in [1.165, 1.54) is 11.1 Å². The molecule has 2 aromatic rings. The Morgan fingerprint density at radius 3 is 2.72 bits per heavy atom. The predicted molar refractivity (Wildman–Crippen MR) is 183 cm³/mol. The Labute approximate surface area is 283 Å². The van der Waals surface area contributed by atoms with Crippen molar-refractivity contribution in [1.29, 1.82) is 0 Å². The minimum absolute atomic E-state index is 0.0979. The molecule has 1 spiro atoms. The van der Waals surface area contributed by atoms with E-state index in [0.29, 0.717) is 30.7 Å². The lowest BCUT2D eigenvalue weighted by molar-refractivity contribution is -0.137. The standard InChI is InChI=1S/C36H46ClN3O6S/c1-23(2)33(41)38-47(43)27-12-15-32-30(19-27)40(21-36(22-45-32)16-6-8-24-18-26(37)11-14-29(24)36)20-25-10-13-28(25)31(44-5)9-7-17-46-35(3,4)34(42)39-47/h7,9,11-12,14-15,18-19,23,25,28,31H,6,8,10,13,16-17,20-22H2,1-5H3,(H,38,39,41,42,43)/t25-,28+,31-,36-,47?/m0/s1. The van der Waals surface area contributed by atoms with Crippen molar-refractivity contribution in [3.05, 3.63) is 64.7 Å². The van der Waals surface area contributed by atoms with Gasteiger partial charge in [-0.05, 0) is 99.2 Å². The molecule has 2 aliphatic carbocycles. The van der Waals surface area contributed by atoms with Crippen LogP contribution in [-0.4, -0.2) is 61.1 Å². The van der Waals surface area contributed by atoms with Gasteiger partial charge in [-0.1, -0.05) is 43.7 Å². The molecule has 2 bridgehead atoms. The molecular formula is C36H46ClN3O6S. The Hall–Kier alpha value is -2.92. The van der Waals surface area contributed by atoms with Crippen LogP contribution in [0.15, 0.2) is 57.8 Å². The highest BCUT2D eigenvalue weighted by Crippen LogP contribution is 2.47. The van der Waals surface area contributed by atoms with Gasteiger partial charge in [-0.25, -0.2) is 4.21 Å². The summed E-state index contributed by atoms with van der Waals surface area (Å²) in [6, 6.07) is 11.4. The van der Waals surface area contributed by atoms with Crippen LogP contribution in [0.4, 0.5) is 5.69 Å². The number of ether oxygens (including phenoxy) is 3. The van der Waals surface area contributed by atoms with Gasteiger partial charge in [0.15, 0.2) is 9.92 Å². The van der Waals surface area contributed by atoms with Crippen molar-refractivity contribution in [1.82, 2.24) is 4.72 Å². The van der Waals surface area contributed by atoms with Crippen molar-refractivity contribution in [2.75, 3.05) is 38.3 Å². The first-order chi connectivity index (χ1) is 22.3. The average Bonchev–Trinajstić information content (AvgIpc) is 3.16. The Balaban J connectivity index is 1.51. The molecule has 11 heteroatoms. The smallest absolute Gasteiger partial charge is 0.287 e. The van der Waals surface area contributed by atoms with Gasteiger partial charge in [-0.2, -0.15) is 0 Å². The highest BCUT2D eigenvalue weighted by molar-refractivity contribution is 7.92. The lowest BCUT2D eigenvalue weighted by Crippen LogP contribution is -2.49. The topological polar surface area (TPSA) is 107 Å². The fourth-order valence-electron chi connectivity index (χ4n) is 7.32. The zero-order chi connectivity index (χ0) is 33.6. The largest absolute Gasteiger partial charge is 0.490 e. The molecule has 9 nitrogen and oxygen atoms in total. The number of hydrogen-bond acceptors (Lipinski definition) is 7. The van der Waals surface area contributed by atoms with Gasteiger partial charge in [0, 0.05) is 36.6 Å². The van der Waals surface area contributed by atoms with Gasteiger partial charge >= 0.3 is 0 Å². The Morgan fingerprint density at radius 1 is 1.19 bits per heavy atom. The number of aryl methyl sites for hydroxylation is 1. The lowest BCUT2D eigenvalue weighted by Gasteiger charge is -2.46. The summed E-state index contributed by atoms with van der Waals surface area (Å²) < 4.78 is 40.1. The quantitative estimate of drug-likeness (QED) is 0.381. The van der Waals surface area contributed by atoms with E-state index in [9.17, 15) is 13.8 Å². The van der Waals surface area contributed by atoms with Crippen LogP contribution in [0.1, 0.15) is 64.5 Å². The van der Waals surface area contributed by atoms with Gasteiger partial charge in [-0.3, -0.25) is 14.3 Å². The van der Waals surface area contributed by atoms with Crippen LogP contribution in [0.25, 0.3) is 0 Å². The maximum absolute atomic E-state index is 14.8. The molecule has 0 aromatic heterocycles. The van der Waals surface area contributed by atoms with E-state index >= 15 is 0 Å². The number of nitrogens with one attached hydrogen (secondary N) is 1. The lowest BCUT2D eigenvalue weighted by atomic mass is 9.68. The fourth-order valence-corrected chi connectivity index (χ4v) is 9.27. The molecule has 1 unspecified atom stereocenters. The maximum Gasteiger partial charge on any atom is 0.287 e. The predicted octanol–water partition coefficient (Wildman–Crippen LogP) is 6.26. The maximum atomic E-state index is 14.8. The number of carbonyl (C=O) groups is 2. The molecule has 1 saturated carbocycles.